The Morgan fingerprint density at radius 2 is 1.78 bits per heavy atom. The summed E-state index contributed by atoms with van der Waals surface area (Å²) in [6.45, 7) is 2.09. The molecular formula is C25H26Cl3N3O4S. The van der Waals surface area contributed by atoms with Gasteiger partial charge in [-0.2, -0.15) is 0 Å². The highest BCUT2D eigenvalue weighted by atomic mass is 35.6. The molecule has 0 unspecified atom stereocenters. The zero-order valence-corrected chi connectivity index (χ0v) is 22.7. The maximum absolute atomic E-state index is 12.0. The molecule has 1 fully saturated rings. The van der Waals surface area contributed by atoms with E-state index >= 15 is 0 Å². The van der Waals surface area contributed by atoms with Crippen molar-refractivity contribution < 1.29 is 19.4 Å². The summed E-state index contributed by atoms with van der Waals surface area (Å²) in [6, 6.07) is 14.8. The predicted octanol–water partition coefficient (Wildman–Crippen LogP) is 5.80. The zero-order valence-electron chi connectivity index (χ0n) is 19.6. The van der Waals surface area contributed by atoms with Gasteiger partial charge in [0.2, 0.25) is 0 Å². The molecule has 3 aromatic rings. The second-order valence-corrected chi connectivity index (χ2v) is 11.8. The minimum absolute atomic E-state index is 0.0167. The quantitative estimate of drug-likeness (QED) is 0.276. The Balaban J connectivity index is 1.55. The van der Waals surface area contributed by atoms with Gasteiger partial charge >= 0.3 is 0 Å². The lowest BCUT2D eigenvalue weighted by atomic mass is 9.91. The number of rotatable bonds is 7. The van der Waals surface area contributed by atoms with Gasteiger partial charge in [0.15, 0.2) is 11.4 Å². The molecule has 0 radical (unpaired) electrons. The van der Waals surface area contributed by atoms with Crippen molar-refractivity contribution in [2.45, 2.75) is 41.0 Å². The maximum atomic E-state index is 12.0. The number of alkyl halides is 3. The third-order valence-corrected chi connectivity index (χ3v) is 7.64. The second kappa shape index (κ2) is 11.7. The van der Waals surface area contributed by atoms with Crippen LogP contribution in [-0.4, -0.2) is 36.2 Å². The van der Waals surface area contributed by atoms with Crippen LogP contribution in [-0.2, 0) is 27.9 Å². The molecule has 1 saturated heterocycles. The zero-order chi connectivity index (χ0) is 25.9. The molecule has 1 aliphatic heterocycles. The summed E-state index contributed by atoms with van der Waals surface area (Å²) in [5.74, 6) is 0.00273. The molecule has 192 valence electrons. The number of thioether (sulfide) groups is 1. The number of imidazole rings is 1. The average Bonchev–Trinajstić information content (AvgIpc) is 3.28. The number of aromatic nitrogens is 2. The van der Waals surface area contributed by atoms with E-state index in [-0.39, 0.29) is 24.7 Å². The first-order chi connectivity index (χ1) is 17.2. The summed E-state index contributed by atoms with van der Waals surface area (Å²) in [5.41, 5.74) is 3.12. The van der Waals surface area contributed by atoms with Crippen LogP contribution >= 0.6 is 46.6 Å². The van der Waals surface area contributed by atoms with Crippen molar-refractivity contribution in [2.24, 2.45) is 13.0 Å². The van der Waals surface area contributed by atoms with E-state index < -0.39 is 16.0 Å². The summed E-state index contributed by atoms with van der Waals surface area (Å²) in [5, 5.41) is 12.9. The fourth-order valence-electron chi connectivity index (χ4n) is 3.88. The number of ether oxygens (including phenoxy) is 2. The number of aliphatic hydroxyl groups excluding tert-OH is 1. The number of nitrogens with one attached hydrogen (secondary N) is 1. The molecule has 0 saturated carbocycles. The molecule has 1 aliphatic rings. The Kier molecular flexibility index (Phi) is 8.88. The number of hydrogen-bond donors (Lipinski definition) is 2. The number of nitrogens with zero attached hydrogens (tertiary/aromatic N) is 2. The van der Waals surface area contributed by atoms with Crippen molar-refractivity contribution >= 4 is 58.2 Å². The number of aliphatic hydroxyl groups is 1. The monoisotopic (exact) mass is 569 g/mol. The number of halogens is 3. The minimum Gasteiger partial charge on any atom is -0.392 e. The lowest BCUT2D eigenvalue weighted by Crippen LogP contribution is -2.38. The molecule has 2 heterocycles. The van der Waals surface area contributed by atoms with Crippen LogP contribution in [0.5, 0.6) is 0 Å². The second-order valence-electron chi connectivity index (χ2n) is 8.53. The van der Waals surface area contributed by atoms with Crippen LogP contribution in [0.1, 0.15) is 36.0 Å². The molecule has 0 bridgehead atoms. The molecule has 2 aromatic carbocycles. The fraction of sp³-hybridized carbons (Fsp3) is 0.360. The first kappa shape index (κ1) is 27.3. The van der Waals surface area contributed by atoms with Gasteiger partial charge in [0.1, 0.15) is 0 Å². The van der Waals surface area contributed by atoms with Gasteiger partial charge < -0.3 is 24.5 Å². The third-order valence-electron chi connectivity index (χ3n) is 5.98. The Bertz CT molecular complexity index is 1170. The molecule has 7 nitrogen and oxygen atoms in total. The summed E-state index contributed by atoms with van der Waals surface area (Å²) in [4.78, 5) is 16.4. The minimum atomic E-state index is -2.05. The number of anilines is 1. The lowest BCUT2D eigenvalue weighted by molar-refractivity contribution is -0.268. The number of carbonyl (C=O) groups is 1. The van der Waals surface area contributed by atoms with Crippen LogP contribution in [0.15, 0.2) is 66.1 Å². The van der Waals surface area contributed by atoms with Crippen LogP contribution in [0.3, 0.4) is 0 Å². The SMILES string of the molecule is C[C@@H]1[C@H](CSc2nccn2C)O[C@H](c2ccc(NC(=O)C(Cl)(Cl)Cl)cc2)O[C@@H]1c1ccc(CO)cc1. The number of amides is 1. The Morgan fingerprint density at radius 1 is 1.11 bits per heavy atom. The van der Waals surface area contributed by atoms with E-state index in [0.29, 0.717) is 11.4 Å². The Hall–Kier alpha value is -1.78. The molecule has 4 rings (SSSR count). The largest absolute Gasteiger partial charge is 0.392 e. The van der Waals surface area contributed by atoms with E-state index in [1.165, 1.54) is 0 Å². The molecule has 36 heavy (non-hydrogen) atoms. The van der Waals surface area contributed by atoms with Crippen LogP contribution in [0.2, 0.25) is 0 Å². The third kappa shape index (κ3) is 6.55. The maximum Gasteiger partial charge on any atom is 0.276 e. The van der Waals surface area contributed by atoms with Crippen molar-refractivity contribution in [1.29, 1.82) is 0 Å². The molecule has 0 spiro atoms. The standard InChI is InChI=1S/C25H26Cl3N3O4S/c1-15-20(14-36-24-29-11-12-31(24)2)34-22(35-21(15)17-5-3-16(13-32)4-6-17)18-7-9-19(10-8-18)30-23(33)25(26,27)28/h3-12,15,20-22,32H,13-14H2,1-2H3,(H,30,33)/t15-,20+,21+,22+/m1/s1. The van der Waals surface area contributed by atoms with E-state index in [9.17, 15) is 9.90 Å². The Morgan fingerprint density at radius 3 is 2.36 bits per heavy atom. The van der Waals surface area contributed by atoms with E-state index in [4.69, 9.17) is 44.3 Å². The molecule has 1 amide bonds. The summed E-state index contributed by atoms with van der Waals surface area (Å²) in [7, 11) is 1.96. The van der Waals surface area contributed by atoms with Crippen molar-refractivity contribution in [1.82, 2.24) is 9.55 Å². The van der Waals surface area contributed by atoms with Gasteiger partial charge in [-0.05, 0) is 23.3 Å². The van der Waals surface area contributed by atoms with Crippen molar-refractivity contribution in [3.05, 3.63) is 77.6 Å². The highest BCUT2D eigenvalue weighted by molar-refractivity contribution is 7.99. The summed E-state index contributed by atoms with van der Waals surface area (Å²) < 4.78 is 12.8. The summed E-state index contributed by atoms with van der Waals surface area (Å²) in [6.07, 6.45) is 2.69. The number of benzene rings is 2. The molecule has 1 aromatic heterocycles. The summed E-state index contributed by atoms with van der Waals surface area (Å²) >= 11 is 18.6. The first-order valence-corrected chi connectivity index (χ1v) is 13.4. The van der Waals surface area contributed by atoms with Gasteiger partial charge in [-0.15, -0.1) is 0 Å². The Labute approximate surface area is 229 Å². The van der Waals surface area contributed by atoms with Gasteiger partial charge in [0, 0.05) is 42.4 Å². The molecule has 2 N–H and O–H groups in total. The number of hydrogen-bond acceptors (Lipinski definition) is 6. The molecule has 0 aliphatic carbocycles. The van der Waals surface area contributed by atoms with Gasteiger partial charge in [0.05, 0.1) is 18.8 Å². The van der Waals surface area contributed by atoms with Crippen LogP contribution in [0.4, 0.5) is 5.69 Å². The van der Waals surface area contributed by atoms with E-state index in [2.05, 4.69) is 17.2 Å². The smallest absolute Gasteiger partial charge is 0.276 e. The number of carbonyl (C=O) groups excluding carboxylic acids is 1. The predicted molar refractivity (Wildman–Crippen MR) is 142 cm³/mol. The van der Waals surface area contributed by atoms with Crippen molar-refractivity contribution in [2.75, 3.05) is 11.1 Å². The average molecular weight is 571 g/mol. The van der Waals surface area contributed by atoms with Crippen LogP contribution in [0.25, 0.3) is 0 Å². The van der Waals surface area contributed by atoms with Crippen molar-refractivity contribution in [3.63, 3.8) is 0 Å². The van der Waals surface area contributed by atoms with Gasteiger partial charge in [-0.25, -0.2) is 4.98 Å². The highest BCUT2D eigenvalue weighted by Gasteiger charge is 2.38. The highest BCUT2D eigenvalue weighted by Crippen LogP contribution is 2.43. The lowest BCUT2D eigenvalue weighted by Gasteiger charge is -2.41. The van der Waals surface area contributed by atoms with Crippen molar-refractivity contribution in [3.8, 4) is 0 Å². The molecule has 4 atom stereocenters. The van der Waals surface area contributed by atoms with Gasteiger partial charge in [-0.3, -0.25) is 4.79 Å². The van der Waals surface area contributed by atoms with Crippen LogP contribution < -0.4 is 5.32 Å². The van der Waals surface area contributed by atoms with Gasteiger partial charge in [0.25, 0.3) is 9.70 Å². The first-order valence-electron chi connectivity index (χ1n) is 11.2. The fourth-order valence-corrected chi connectivity index (χ4v) is 5.12. The van der Waals surface area contributed by atoms with Gasteiger partial charge in [-0.1, -0.05) is 89.9 Å². The molecular weight excluding hydrogens is 545 g/mol. The van der Waals surface area contributed by atoms with E-state index in [0.717, 1.165) is 21.8 Å². The number of aryl methyl sites for hydroxylation is 1. The normalized spacial score (nSPS) is 22.4. The van der Waals surface area contributed by atoms with E-state index in [1.807, 2.05) is 54.2 Å². The van der Waals surface area contributed by atoms with Crippen LogP contribution in [0, 0.1) is 5.92 Å². The topological polar surface area (TPSA) is 85.6 Å². The van der Waals surface area contributed by atoms with E-state index in [1.54, 1.807) is 30.1 Å². The molecule has 11 heteroatoms.